The summed E-state index contributed by atoms with van der Waals surface area (Å²) in [4.78, 5) is 12.5. The van der Waals surface area contributed by atoms with E-state index in [1.807, 2.05) is 18.2 Å². The second-order valence-electron chi connectivity index (χ2n) is 6.69. The number of carbonyl (C=O) groups is 1. The lowest BCUT2D eigenvalue weighted by atomic mass is 10.1. The van der Waals surface area contributed by atoms with Gasteiger partial charge in [-0.25, -0.2) is 4.39 Å². The van der Waals surface area contributed by atoms with E-state index in [4.69, 9.17) is 21.1 Å². The first kappa shape index (κ1) is 19.9. The number of rotatable bonds is 7. The van der Waals surface area contributed by atoms with E-state index in [2.05, 4.69) is 5.10 Å². The molecule has 1 aromatic heterocycles. The van der Waals surface area contributed by atoms with Crippen LogP contribution in [-0.4, -0.2) is 29.3 Å². The molecule has 0 fully saturated rings. The molecule has 0 radical (unpaired) electrons. The van der Waals surface area contributed by atoms with E-state index in [1.54, 1.807) is 48.2 Å². The topological polar surface area (TPSA) is 53.4 Å². The fourth-order valence-corrected chi connectivity index (χ4v) is 3.22. The summed E-state index contributed by atoms with van der Waals surface area (Å²) < 4.78 is 26.0. The molecule has 0 saturated carbocycles. The largest absolute Gasteiger partial charge is 0.497 e. The Morgan fingerprint density at radius 1 is 1.07 bits per heavy atom. The average molecular weight is 425 g/mol. The highest BCUT2D eigenvalue weighted by atomic mass is 35.5. The van der Waals surface area contributed by atoms with E-state index in [1.165, 1.54) is 12.1 Å². The van der Waals surface area contributed by atoms with Crippen LogP contribution < -0.4 is 9.47 Å². The summed E-state index contributed by atoms with van der Waals surface area (Å²) in [6, 6.07) is 18.4. The number of aromatic nitrogens is 2. The van der Waals surface area contributed by atoms with Crippen molar-refractivity contribution in [1.82, 2.24) is 9.78 Å². The van der Waals surface area contributed by atoms with Crippen LogP contribution in [0, 0.1) is 5.82 Å². The predicted molar refractivity (Wildman–Crippen MR) is 113 cm³/mol. The summed E-state index contributed by atoms with van der Waals surface area (Å²) >= 11 is 5.87. The van der Waals surface area contributed by atoms with Gasteiger partial charge < -0.3 is 9.47 Å². The maximum atomic E-state index is 13.2. The molecule has 0 spiro atoms. The van der Waals surface area contributed by atoms with Crippen molar-refractivity contribution < 1.29 is 18.7 Å². The van der Waals surface area contributed by atoms with Gasteiger partial charge in [-0.2, -0.15) is 0 Å². The van der Waals surface area contributed by atoms with Crippen LogP contribution in [0.1, 0.15) is 15.9 Å². The summed E-state index contributed by atoms with van der Waals surface area (Å²) in [5, 5.41) is 5.82. The molecule has 4 rings (SSSR count). The van der Waals surface area contributed by atoms with Crippen molar-refractivity contribution in [3.8, 4) is 11.6 Å². The van der Waals surface area contributed by atoms with E-state index in [-0.39, 0.29) is 18.2 Å². The Morgan fingerprint density at radius 3 is 2.50 bits per heavy atom. The lowest BCUT2D eigenvalue weighted by molar-refractivity contribution is 0.0918. The fraction of sp³-hybridized carbons (Fsp3) is 0.130. The highest BCUT2D eigenvalue weighted by Gasteiger charge is 2.15. The van der Waals surface area contributed by atoms with E-state index >= 15 is 0 Å². The minimum Gasteiger partial charge on any atom is -0.497 e. The Morgan fingerprint density at radius 2 is 1.80 bits per heavy atom. The van der Waals surface area contributed by atoms with Gasteiger partial charge in [-0.1, -0.05) is 23.7 Å². The number of nitrogens with zero attached hydrogens (tertiary/aromatic N) is 2. The molecule has 0 N–H and O–H groups in total. The molecule has 152 valence electrons. The molecule has 0 amide bonds. The summed E-state index contributed by atoms with van der Waals surface area (Å²) in [6.45, 7) is 0.263. The highest BCUT2D eigenvalue weighted by Crippen LogP contribution is 2.29. The van der Waals surface area contributed by atoms with Gasteiger partial charge in [0.25, 0.3) is 0 Å². The molecule has 4 aromatic rings. The number of fused-ring (bicyclic) bond motifs is 1. The molecule has 0 aliphatic rings. The first-order valence-corrected chi connectivity index (χ1v) is 9.62. The first-order valence-electron chi connectivity index (χ1n) is 9.24. The number of carbonyl (C=O) groups excluding carboxylic acids is 1. The predicted octanol–water partition coefficient (Wildman–Crippen LogP) is 5.15. The number of ketones is 1. The standard InChI is InChI=1S/C23H18ClFN2O3/c1-29-19-10-11-21-20(12-19)23(26-27(21)13-15-2-8-18(25)9-3-15)30-14-22(28)16-4-6-17(24)7-5-16/h2-12H,13-14H2,1H3. The van der Waals surface area contributed by atoms with Gasteiger partial charge in [-0.3, -0.25) is 9.48 Å². The van der Waals surface area contributed by atoms with Crippen LogP contribution in [0.4, 0.5) is 4.39 Å². The number of ether oxygens (including phenoxy) is 2. The van der Waals surface area contributed by atoms with Gasteiger partial charge in [0.15, 0.2) is 12.4 Å². The molecule has 7 heteroatoms. The zero-order chi connectivity index (χ0) is 21.1. The van der Waals surface area contributed by atoms with Crippen molar-refractivity contribution >= 4 is 28.3 Å². The van der Waals surface area contributed by atoms with E-state index in [0.717, 1.165) is 16.5 Å². The van der Waals surface area contributed by atoms with Crippen molar-refractivity contribution in [3.63, 3.8) is 0 Å². The molecular weight excluding hydrogens is 407 g/mol. The molecule has 0 atom stereocenters. The van der Waals surface area contributed by atoms with Crippen molar-refractivity contribution in [2.45, 2.75) is 6.54 Å². The zero-order valence-electron chi connectivity index (χ0n) is 16.1. The van der Waals surface area contributed by atoms with Crippen LogP contribution in [0.3, 0.4) is 0 Å². The van der Waals surface area contributed by atoms with Crippen LogP contribution >= 0.6 is 11.6 Å². The summed E-state index contributed by atoms with van der Waals surface area (Å²) in [5.74, 6) is 0.500. The number of benzene rings is 3. The molecule has 0 saturated heterocycles. The smallest absolute Gasteiger partial charge is 0.241 e. The maximum Gasteiger partial charge on any atom is 0.241 e. The van der Waals surface area contributed by atoms with Crippen LogP contribution in [0.15, 0.2) is 66.7 Å². The number of hydrogen-bond acceptors (Lipinski definition) is 4. The SMILES string of the molecule is COc1ccc2c(c1)c(OCC(=O)c1ccc(Cl)cc1)nn2Cc1ccc(F)cc1. The molecule has 3 aromatic carbocycles. The Bertz CT molecular complexity index is 1190. The van der Waals surface area contributed by atoms with Crippen molar-refractivity contribution in [3.05, 3.63) is 88.7 Å². The molecule has 0 aliphatic heterocycles. The average Bonchev–Trinajstić information content (AvgIpc) is 3.10. The van der Waals surface area contributed by atoms with Crippen LogP contribution in [0.25, 0.3) is 10.9 Å². The van der Waals surface area contributed by atoms with Gasteiger partial charge in [0.05, 0.1) is 24.6 Å². The van der Waals surface area contributed by atoms with Gasteiger partial charge in [0, 0.05) is 10.6 Å². The van der Waals surface area contributed by atoms with Gasteiger partial charge in [0.1, 0.15) is 11.6 Å². The minimum absolute atomic E-state index is 0.165. The van der Waals surface area contributed by atoms with Crippen LogP contribution in [-0.2, 0) is 6.54 Å². The molecular formula is C23H18ClFN2O3. The van der Waals surface area contributed by atoms with E-state index in [0.29, 0.717) is 28.8 Å². The summed E-state index contributed by atoms with van der Waals surface area (Å²) in [5.41, 5.74) is 2.21. The van der Waals surface area contributed by atoms with E-state index < -0.39 is 0 Å². The third kappa shape index (κ3) is 4.28. The lowest BCUT2D eigenvalue weighted by Crippen LogP contribution is -2.12. The Hall–Kier alpha value is -3.38. The minimum atomic E-state index is -0.293. The van der Waals surface area contributed by atoms with Crippen molar-refractivity contribution in [1.29, 1.82) is 0 Å². The van der Waals surface area contributed by atoms with Gasteiger partial charge >= 0.3 is 0 Å². The van der Waals surface area contributed by atoms with Gasteiger partial charge in [0.2, 0.25) is 5.88 Å². The Balaban J connectivity index is 1.61. The molecule has 30 heavy (non-hydrogen) atoms. The second kappa shape index (κ2) is 8.55. The monoisotopic (exact) mass is 424 g/mol. The molecule has 0 aliphatic carbocycles. The zero-order valence-corrected chi connectivity index (χ0v) is 16.9. The van der Waals surface area contributed by atoms with Crippen LogP contribution in [0.5, 0.6) is 11.6 Å². The quantitative estimate of drug-likeness (QED) is 0.385. The van der Waals surface area contributed by atoms with E-state index in [9.17, 15) is 9.18 Å². The van der Waals surface area contributed by atoms with Crippen molar-refractivity contribution in [2.75, 3.05) is 13.7 Å². The summed E-state index contributed by atoms with van der Waals surface area (Å²) in [7, 11) is 1.58. The molecule has 1 heterocycles. The number of hydrogen-bond donors (Lipinski definition) is 0. The number of Topliss-reactive ketones (excluding diaryl/α,β-unsaturated/α-hetero) is 1. The Kier molecular flexibility index (Phi) is 5.68. The Labute approximate surface area is 177 Å². The number of methoxy groups -OCH3 is 1. The van der Waals surface area contributed by atoms with Crippen molar-refractivity contribution in [2.24, 2.45) is 0 Å². The van der Waals surface area contributed by atoms with Gasteiger partial charge in [-0.05, 0) is 60.2 Å². The van der Waals surface area contributed by atoms with Crippen LogP contribution in [0.2, 0.25) is 5.02 Å². The summed E-state index contributed by atoms with van der Waals surface area (Å²) in [6.07, 6.45) is 0. The third-order valence-electron chi connectivity index (χ3n) is 4.68. The molecule has 0 unspecified atom stereocenters. The first-order chi connectivity index (χ1) is 14.5. The third-order valence-corrected chi connectivity index (χ3v) is 4.93. The second-order valence-corrected chi connectivity index (χ2v) is 7.13. The molecule has 5 nitrogen and oxygen atoms in total. The number of halogens is 2. The normalized spacial score (nSPS) is 10.9. The lowest BCUT2D eigenvalue weighted by Gasteiger charge is -2.04. The maximum absolute atomic E-state index is 13.2. The van der Waals surface area contributed by atoms with Gasteiger partial charge in [-0.15, -0.1) is 5.10 Å². The highest BCUT2D eigenvalue weighted by molar-refractivity contribution is 6.30. The fourth-order valence-electron chi connectivity index (χ4n) is 3.10. The molecule has 0 bridgehead atoms.